The molecule has 3 aromatic rings. The molecule has 0 spiro atoms. The van der Waals surface area contributed by atoms with E-state index in [9.17, 15) is 4.79 Å². The van der Waals surface area contributed by atoms with E-state index in [1.54, 1.807) is 12.3 Å². The van der Waals surface area contributed by atoms with Gasteiger partial charge < -0.3 is 0 Å². The number of halogens is 2. The van der Waals surface area contributed by atoms with Crippen molar-refractivity contribution < 1.29 is 4.79 Å². The third-order valence-electron chi connectivity index (χ3n) is 4.77. The molecule has 28 heavy (non-hydrogen) atoms. The lowest BCUT2D eigenvalue weighted by Gasteiger charge is -2.10. The Morgan fingerprint density at radius 2 is 1.86 bits per heavy atom. The predicted octanol–water partition coefficient (Wildman–Crippen LogP) is 4.20. The third kappa shape index (κ3) is 4.03. The van der Waals surface area contributed by atoms with E-state index in [0.717, 1.165) is 21.9 Å². The van der Waals surface area contributed by atoms with E-state index in [2.05, 4.69) is 21.4 Å². The minimum absolute atomic E-state index is 0.0347. The van der Waals surface area contributed by atoms with Crippen molar-refractivity contribution in [1.82, 2.24) is 16.3 Å². The minimum atomic E-state index is -0.399. The summed E-state index contributed by atoms with van der Waals surface area (Å²) in [5, 5.41) is 7.35. The number of carbonyl (C=O) groups is 1. The van der Waals surface area contributed by atoms with Gasteiger partial charge in [-0.15, -0.1) is 0 Å². The number of carbonyl (C=O) groups excluding carboxylic acids is 1. The molecule has 0 radical (unpaired) electrons. The summed E-state index contributed by atoms with van der Waals surface area (Å²) in [5.41, 5.74) is 10.7. The van der Waals surface area contributed by atoms with E-state index in [4.69, 9.17) is 23.2 Å². The van der Waals surface area contributed by atoms with Gasteiger partial charge in [-0.05, 0) is 34.9 Å². The molecule has 3 aromatic carbocycles. The molecule has 4 rings (SSSR count). The van der Waals surface area contributed by atoms with Crippen LogP contribution in [0.4, 0.5) is 0 Å². The zero-order valence-electron chi connectivity index (χ0n) is 14.8. The fraction of sp³-hybridized carbons (Fsp3) is 0.143. The normalized spacial score (nSPS) is 19.4. The van der Waals surface area contributed by atoms with Crippen LogP contribution in [0.2, 0.25) is 10.0 Å². The summed E-state index contributed by atoms with van der Waals surface area (Å²) in [5.74, 6) is -0.202. The van der Waals surface area contributed by atoms with Gasteiger partial charge in [-0.2, -0.15) is 5.10 Å². The molecule has 7 heteroatoms. The molecule has 0 aliphatic carbocycles. The lowest BCUT2D eigenvalue weighted by Crippen LogP contribution is -2.41. The van der Waals surface area contributed by atoms with E-state index in [1.807, 2.05) is 54.6 Å². The average Bonchev–Trinajstić information content (AvgIpc) is 3.20. The third-order valence-corrected chi connectivity index (χ3v) is 5.51. The van der Waals surface area contributed by atoms with Crippen LogP contribution >= 0.6 is 23.2 Å². The molecule has 142 valence electrons. The summed E-state index contributed by atoms with van der Waals surface area (Å²) in [7, 11) is 0. The number of rotatable bonds is 4. The van der Waals surface area contributed by atoms with Gasteiger partial charge in [-0.3, -0.25) is 4.79 Å². The van der Waals surface area contributed by atoms with Gasteiger partial charge in [0.1, 0.15) is 6.04 Å². The van der Waals surface area contributed by atoms with Crippen molar-refractivity contribution in [3.05, 3.63) is 81.8 Å². The Balaban J connectivity index is 1.39. The number of nitrogens with one attached hydrogen (secondary N) is 3. The van der Waals surface area contributed by atoms with Gasteiger partial charge in [-0.1, -0.05) is 71.7 Å². The average molecular weight is 413 g/mol. The molecule has 2 unspecified atom stereocenters. The van der Waals surface area contributed by atoms with Gasteiger partial charge in [0.15, 0.2) is 0 Å². The lowest BCUT2D eigenvalue weighted by atomic mass is 10.0. The van der Waals surface area contributed by atoms with Gasteiger partial charge in [0, 0.05) is 11.6 Å². The van der Waals surface area contributed by atoms with Crippen LogP contribution in [-0.4, -0.2) is 18.2 Å². The first-order chi connectivity index (χ1) is 13.6. The Kier molecular flexibility index (Phi) is 5.59. The number of hydrazone groups is 1. The van der Waals surface area contributed by atoms with Crippen LogP contribution < -0.4 is 16.3 Å². The zero-order valence-corrected chi connectivity index (χ0v) is 16.3. The molecule has 0 aromatic heterocycles. The van der Waals surface area contributed by atoms with E-state index in [-0.39, 0.29) is 11.9 Å². The highest BCUT2D eigenvalue weighted by molar-refractivity contribution is 6.42. The minimum Gasteiger partial charge on any atom is -0.271 e. The second-order valence-electron chi connectivity index (χ2n) is 6.61. The summed E-state index contributed by atoms with van der Waals surface area (Å²) in [4.78, 5) is 12.4. The topological polar surface area (TPSA) is 65.5 Å². The SMILES string of the molecule is O=C(N/N=C/c1cccc2ccccc12)C1CC(c2ccc(Cl)c(Cl)c2)NN1. The second-order valence-corrected chi connectivity index (χ2v) is 7.42. The molecule has 1 heterocycles. The molecule has 0 bridgehead atoms. The van der Waals surface area contributed by atoms with Crippen molar-refractivity contribution >= 4 is 46.1 Å². The largest absolute Gasteiger partial charge is 0.271 e. The fourth-order valence-electron chi connectivity index (χ4n) is 3.28. The molecule has 1 aliphatic rings. The number of hydrogen-bond donors (Lipinski definition) is 3. The van der Waals surface area contributed by atoms with Crippen molar-refractivity contribution in [1.29, 1.82) is 0 Å². The molecular weight excluding hydrogens is 395 g/mol. The zero-order chi connectivity index (χ0) is 19.5. The van der Waals surface area contributed by atoms with Crippen molar-refractivity contribution in [2.45, 2.75) is 18.5 Å². The highest BCUT2D eigenvalue weighted by Crippen LogP contribution is 2.29. The first-order valence-electron chi connectivity index (χ1n) is 8.88. The highest BCUT2D eigenvalue weighted by atomic mass is 35.5. The Labute approximate surface area is 172 Å². The number of hydrogen-bond acceptors (Lipinski definition) is 4. The first kappa shape index (κ1) is 18.9. The summed E-state index contributed by atoms with van der Waals surface area (Å²) in [6, 6.07) is 19.1. The Morgan fingerprint density at radius 1 is 1.04 bits per heavy atom. The highest BCUT2D eigenvalue weighted by Gasteiger charge is 2.30. The maximum atomic E-state index is 12.4. The molecule has 1 amide bonds. The summed E-state index contributed by atoms with van der Waals surface area (Å²) in [6.45, 7) is 0. The number of amides is 1. The van der Waals surface area contributed by atoms with Crippen LogP contribution in [0, 0.1) is 0 Å². The maximum Gasteiger partial charge on any atom is 0.258 e. The molecule has 1 saturated heterocycles. The monoisotopic (exact) mass is 412 g/mol. The first-order valence-corrected chi connectivity index (χ1v) is 9.64. The Hall–Kier alpha value is -2.44. The molecule has 2 atom stereocenters. The van der Waals surface area contributed by atoms with Crippen molar-refractivity contribution in [3.63, 3.8) is 0 Å². The molecule has 1 aliphatic heterocycles. The van der Waals surface area contributed by atoms with Crippen LogP contribution in [0.15, 0.2) is 65.8 Å². The number of hydrazine groups is 1. The van der Waals surface area contributed by atoms with Crippen LogP contribution in [0.25, 0.3) is 10.8 Å². The standard InChI is InChI=1S/C21H18Cl2N4O/c22-17-9-8-14(10-18(17)23)19-11-20(26-25-19)21(28)27-24-12-15-6-3-5-13-4-1-2-7-16(13)15/h1-10,12,19-20,25-26H,11H2,(H,27,28)/b24-12+. The Bertz CT molecular complexity index is 1050. The van der Waals surface area contributed by atoms with Crippen LogP contribution in [-0.2, 0) is 4.79 Å². The van der Waals surface area contributed by atoms with Crippen LogP contribution in [0.1, 0.15) is 23.6 Å². The van der Waals surface area contributed by atoms with E-state index < -0.39 is 6.04 Å². The predicted molar refractivity (Wildman–Crippen MR) is 114 cm³/mol. The van der Waals surface area contributed by atoms with Crippen LogP contribution in [0.3, 0.4) is 0 Å². The summed E-state index contributed by atoms with van der Waals surface area (Å²) < 4.78 is 0. The van der Waals surface area contributed by atoms with Crippen molar-refractivity contribution in [2.75, 3.05) is 0 Å². The molecule has 0 saturated carbocycles. The molecule has 1 fully saturated rings. The van der Waals surface area contributed by atoms with E-state index in [0.29, 0.717) is 16.5 Å². The van der Waals surface area contributed by atoms with Gasteiger partial charge >= 0.3 is 0 Å². The summed E-state index contributed by atoms with van der Waals surface area (Å²) >= 11 is 12.0. The quantitative estimate of drug-likeness (QED) is 0.444. The number of fused-ring (bicyclic) bond motifs is 1. The van der Waals surface area contributed by atoms with Gasteiger partial charge in [0.05, 0.1) is 16.3 Å². The van der Waals surface area contributed by atoms with Crippen LogP contribution in [0.5, 0.6) is 0 Å². The smallest absolute Gasteiger partial charge is 0.258 e. The molecular formula is C21H18Cl2N4O. The maximum absolute atomic E-state index is 12.4. The van der Waals surface area contributed by atoms with Crippen molar-refractivity contribution in [2.24, 2.45) is 5.10 Å². The van der Waals surface area contributed by atoms with Gasteiger partial charge in [-0.25, -0.2) is 16.3 Å². The summed E-state index contributed by atoms with van der Waals surface area (Å²) in [6.07, 6.45) is 2.24. The number of nitrogens with zero attached hydrogens (tertiary/aromatic N) is 1. The van der Waals surface area contributed by atoms with E-state index in [1.165, 1.54) is 0 Å². The number of benzene rings is 3. The van der Waals surface area contributed by atoms with Gasteiger partial charge in [0.25, 0.3) is 5.91 Å². The molecule has 3 N–H and O–H groups in total. The fourth-order valence-corrected chi connectivity index (χ4v) is 3.59. The lowest BCUT2D eigenvalue weighted by molar-refractivity contribution is -0.122. The van der Waals surface area contributed by atoms with Crippen molar-refractivity contribution in [3.8, 4) is 0 Å². The van der Waals surface area contributed by atoms with E-state index >= 15 is 0 Å². The molecule has 5 nitrogen and oxygen atoms in total. The Morgan fingerprint density at radius 3 is 2.71 bits per heavy atom. The second kappa shape index (κ2) is 8.29. The van der Waals surface area contributed by atoms with Gasteiger partial charge in [0.2, 0.25) is 0 Å².